The molecule has 5 aromatic rings. The molecular formula is C24H16Cl2N4O2S. The number of thioether (sulfide) groups is 1. The van der Waals surface area contributed by atoms with Gasteiger partial charge in [-0.1, -0.05) is 70.5 Å². The van der Waals surface area contributed by atoms with Crippen LogP contribution in [0.15, 0.2) is 87.3 Å². The summed E-state index contributed by atoms with van der Waals surface area (Å²) in [6.07, 6.45) is 0. The van der Waals surface area contributed by atoms with Crippen molar-refractivity contribution in [3.63, 3.8) is 0 Å². The second-order valence-electron chi connectivity index (χ2n) is 7.20. The van der Waals surface area contributed by atoms with Gasteiger partial charge in [0.25, 0.3) is 5.56 Å². The summed E-state index contributed by atoms with van der Waals surface area (Å²) in [7, 11) is 0. The summed E-state index contributed by atoms with van der Waals surface area (Å²) in [5.41, 5.74) is 2.14. The number of hydrogen-bond donors (Lipinski definition) is 0. The molecule has 5 rings (SSSR count). The van der Waals surface area contributed by atoms with Crippen molar-refractivity contribution < 1.29 is 4.52 Å². The highest BCUT2D eigenvalue weighted by atomic mass is 35.5. The van der Waals surface area contributed by atoms with Crippen LogP contribution >= 0.6 is 35.0 Å². The minimum absolute atomic E-state index is 0.129. The second kappa shape index (κ2) is 9.39. The van der Waals surface area contributed by atoms with E-state index in [1.165, 1.54) is 11.8 Å². The molecule has 0 radical (unpaired) electrons. The zero-order valence-corrected chi connectivity index (χ0v) is 19.4. The number of para-hydroxylation sites is 1. The fourth-order valence-corrected chi connectivity index (χ4v) is 4.51. The number of halogens is 2. The van der Waals surface area contributed by atoms with Crippen LogP contribution < -0.4 is 5.56 Å². The van der Waals surface area contributed by atoms with Gasteiger partial charge in [0.15, 0.2) is 5.16 Å². The van der Waals surface area contributed by atoms with E-state index in [4.69, 9.17) is 32.7 Å². The number of hydrogen-bond acceptors (Lipinski definition) is 6. The van der Waals surface area contributed by atoms with Gasteiger partial charge < -0.3 is 4.52 Å². The normalized spacial score (nSPS) is 11.2. The van der Waals surface area contributed by atoms with Crippen molar-refractivity contribution in [2.24, 2.45) is 0 Å². The van der Waals surface area contributed by atoms with Crippen LogP contribution in [0.4, 0.5) is 0 Å². The van der Waals surface area contributed by atoms with Crippen LogP contribution in [0.25, 0.3) is 22.3 Å². The van der Waals surface area contributed by atoms with Crippen LogP contribution in [0.1, 0.15) is 11.5 Å². The fraction of sp³-hybridized carbons (Fsp3) is 0.0833. The molecule has 3 aromatic carbocycles. The topological polar surface area (TPSA) is 73.8 Å². The van der Waals surface area contributed by atoms with Gasteiger partial charge >= 0.3 is 0 Å². The largest absolute Gasteiger partial charge is 0.338 e. The smallest absolute Gasteiger partial charge is 0.262 e. The Balaban J connectivity index is 1.47. The lowest BCUT2D eigenvalue weighted by Crippen LogP contribution is -2.24. The van der Waals surface area contributed by atoms with Crippen LogP contribution in [-0.2, 0) is 12.3 Å². The standard InChI is InChI=1S/C24H16Cl2N4O2S/c25-17-11-9-15(10-12-17)22-28-21(32-29-22)14-33-24-27-20-8-4-2-6-18(20)23(31)30(24)13-16-5-1-3-7-19(16)26/h1-12H,13-14H2. The van der Waals surface area contributed by atoms with E-state index in [0.29, 0.717) is 50.1 Å². The zero-order chi connectivity index (χ0) is 22.8. The third kappa shape index (κ3) is 4.66. The highest BCUT2D eigenvalue weighted by Crippen LogP contribution is 2.25. The van der Waals surface area contributed by atoms with Gasteiger partial charge in [-0.2, -0.15) is 4.98 Å². The van der Waals surface area contributed by atoms with Gasteiger partial charge in [-0.15, -0.1) is 0 Å². The SMILES string of the molecule is O=c1c2ccccc2nc(SCc2nc(-c3ccc(Cl)cc3)no2)n1Cc1ccccc1Cl. The average molecular weight is 495 g/mol. The van der Waals surface area contributed by atoms with Crippen LogP contribution in [0.3, 0.4) is 0 Å². The number of nitrogens with zero attached hydrogens (tertiary/aromatic N) is 4. The zero-order valence-electron chi connectivity index (χ0n) is 17.1. The third-order valence-electron chi connectivity index (χ3n) is 5.01. The van der Waals surface area contributed by atoms with Crippen molar-refractivity contribution in [1.82, 2.24) is 19.7 Å². The fourth-order valence-electron chi connectivity index (χ4n) is 3.35. The maximum Gasteiger partial charge on any atom is 0.262 e. The van der Waals surface area contributed by atoms with Crippen molar-refractivity contribution in [3.05, 3.63) is 105 Å². The molecule has 2 aromatic heterocycles. The molecule has 2 heterocycles. The third-order valence-corrected chi connectivity index (χ3v) is 6.59. The highest BCUT2D eigenvalue weighted by Gasteiger charge is 2.15. The molecule has 0 fully saturated rings. The Morgan fingerprint density at radius 1 is 0.909 bits per heavy atom. The molecule has 0 saturated heterocycles. The summed E-state index contributed by atoms with van der Waals surface area (Å²) in [5.74, 6) is 1.26. The van der Waals surface area contributed by atoms with Crippen molar-refractivity contribution in [2.45, 2.75) is 17.5 Å². The van der Waals surface area contributed by atoms with E-state index in [9.17, 15) is 4.79 Å². The van der Waals surface area contributed by atoms with Gasteiger partial charge in [0, 0.05) is 15.6 Å². The van der Waals surface area contributed by atoms with E-state index < -0.39 is 0 Å². The van der Waals surface area contributed by atoms with Gasteiger partial charge in [0.2, 0.25) is 11.7 Å². The molecule has 0 saturated carbocycles. The van der Waals surface area contributed by atoms with Crippen LogP contribution in [-0.4, -0.2) is 19.7 Å². The van der Waals surface area contributed by atoms with E-state index in [1.807, 2.05) is 48.5 Å². The molecule has 0 bridgehead atoms. The first-order valence-corrected chi connectivity index (χ1v) is 11.8. The monoisotopic (exact) mass is 494 g/mol. The summed E-state index contributed by atoms with van der Waals surface area (Å²) < 4.78 is 7.04. The summed E-state index contributed by atoms with van der Waals surface area (Å²) in [6.45, 7) is 0.304. The Kier molecular flexibility index (Phi) is 6.17. The quantitative estimate of drug-likeness (QED) is 0.210. The predicted octanol–water partition coefficient (Wildman–Crippen LogP) is 6.09. The number of aromatic nitrogens is 4. The van der Waals surface area contributed by atoms with Crippen LogP contribution in [0.5, 0.6) is 0 Å². The molecule has 164 valence electrons. The maximum absolute atomic E-state index is 13.3. The van der Waals surface area contributed by atoms with E-state index >= 15 is 0 Å². The molecule has 0 N–H and O–H groups in total. The first-order valence-electron chi connectivity index (χ1n) is 10.0. The van der Waals surface area contributed by atoms with Gasteiger partial charge in [0.1, 0.15) is 0 Å². The number of benzene rings is 3. The van der Waals surface area contributed by atoms with Gasteiger partial charge in [-0.05, 0) is 48.0 Å². The molecule has 0 aliphatic rings. The number of fused-ring (bicyclic) bond motifs is 1. The molecule has 0 aliphatic heterocycles. The van der Waals surface area contributed by atoms with Gasteiger partial charge in [-0.25, -0.2) is 4.98 Å². The Bertz CT molecular complexity index is 1500. The predicted molar refractivity (Wildman–Crippen MR) is 131 cm³/mol. The number of rotatable bonds is 6. The molecule has 6 nitrogen and oxygen atoms in total. The van der Waals surface area contributed by atoms with Crippen LogP contribution in [0, 0.1) is 0 Å². The molecule has 0 unspecified atom stereocenters. The summed E-state index contributed by atoms with van der Waals surface area (Å²) in [4.78, 5) is 22.5. The van der Waals surface area contributed by atoms with Crippen molar-refractivity contribution in [1.29, 1.82) is 0 Å². The molecule has 33 heavy (non-hydrogen) atoms. The Morgan fingerprint density at radius 3 is 2.48 bits per heavy atom. The molecule has 0 atom stereocenters. The lowest BCUT2D eigenvalue weighted by Gasteiger charge is -2.13. The minimum Gasteiger partial charge on any atom is -0.338 e. The first kappa shape index (κ1) is 21.7. The molecule has 0 amide bonds. The minimum atomic E-state index is -0.129. The Hall–Kier alpha value is -3.13. The molecule has 9 heteroatoms. The van der Waals surface area contributed by atoms with E-state index in [1.54, 1.807) is 28.8 Å². The Labute approximate surface area is 203 Å². The molecular weight excluding hydrogens is 479 g/mol. The first-order chi connectivity index (χ1) is 16.1. The second-order valence-corrected chi connectivity index (χ2v) is 8.99. The van der Waals surface area contributed by atoms with Crippen molar-refractivity contribution >= 4 is 45.9 Å². The maximum atomic E-state index is 13.3. The molecule has 0 spiro atoms. The van der Waals surface area contributed by atoms with Gasteiger partial charge in [0.05, 0.1) is 23.2 Å². The molecule has 0 aliphatic carbocycles. The van der Waals surface area contributed by atoms with E-state index in [2.05, 4.69) is 10.1 Å². The van der Waals surface area contributed by atoms with Crippen molar-refractivity contribution in [3.8, 4) is 11.4 Å². The summed E-state index contributed by atoms with van der Waals surface area (Å²) in [5, 5.41) is 6.38. The summed E-state index contributed by atoms with van der Waals surface area (Å²) >= 11 is 13.7. The average Bonchev–Trinajstić information content (AvgIpc) is 3.30. The van der Waals surface area contributed by atoms with Crippen molar-refractivity contribution in [2.75, 3.05) is 0 Å². The lowest BCUT2D eigenvalue weighted by molar-refractivity contribution is 0.391. The summed E-state index contributed by atoms with van der Waals surface area (Å²) in [6, 6.07) is 21.9. The van der Waals surface area contributed by atoms with E-state index in [0.717, 1.165) is 11.1 Å². The Morgan fingerprint density at radius 2 is 1.67 bits per heavy atom. The van der Waals surface area contributed by atoms with Crippen LogP contribution in [0.2, 0.25) is 10.0 Å². The lowest BCUT2D eigenvalue weighted by atomic mass is 10.2. The van der Waals surface area contributed by atoms with E-state index in [-0.39, 0.29) is 5.56 Å². The van der Waals surface area contributed by atoms with Gasteiger partial charge in [-0.3, -0.25) is 9.36 Å². The highest BCUT2D eigenvalue weighted by molar-refractivity contribution is 7.98.